The van der Waals surface area contributed by atoms with Crippen molar-refractivity contribution < 1.29 is 14.8 Å². The standard InChI is InChI=1S/C13H11N3O4/c1-8-4-9(7-14-6-8)15-13(18)11-5-10(17)2-3-12(11)16(19)20/h2-7,17H,1H3,(H,15,18). The van der Waals surface area contributed by atoms with Crippen molar-refractivity contribution in [3.8, 4) is 5.75 Å². The second kappa shape index (κ2) is 5.35. The number of nitro benzene ring substituents is 1. The van der Waals surface area contributed by atoms with E-state index in [0.717, 1.165) is 23.8 Å². The van der Waals surface area contributed by atoms with Crippen molar-refractivity contribution >= 4 is 17.3 Å². The van der Waals surface area contributed by atoms with Crippen LogP contribution in [0.15, 0.2) is 36.7 Å². The van der Waals surface area contributed by atoms with Gasteiger partial charge in [0.2, 0.25) is 0 Å². The fourth-order valence-corrected chi connectivity index (χ4v) is 1.69. The van der Waals surface area contributed by atoms with Gasteiger partial charge in [-0.05, 0) is 30.7 Å². The number of aromatic nitrogens is 1. The molecule has 20 heavy (non-hydrogen) atoms. The Morgan fingerprint density at radius 1 is 1.35 bits per heavy atom. The fourth-order valence-electron chi connectivity index (χ4n) is 1.69. The maximum Gasteiger partial charge on any atom is 0.282 e. The Kier molecular flexibility index (Phi) is 3.60. The molecule has 2 N–H and O–H groups in total. The second-order valence-corrected chi connectivity index (χ2v) is 4.16. The number of nitrogens with one attached hydrogen (secondary N) is 1. The highest BCUT2D eigenvalue weighted by atomic mass is 16.6. The minimum atomic E-state index is -0.681. The maximum absolute atomic E-state index is 12.0. The van der Waals surface area contributed by atoms with Crippen LogP contribution in [-0.4, -0.2) is 20.9 Å². The number of carbonyl (C=O) groups excluding carboxylic acids is 1. The lowest BCUT2D eigenvalue weighted by Crippen LogP contribution is -2.14. The van der Waals surface area contributed by atoms with Gasteiger partial charge in [-0.1, -0.05) is 0 Å². The molecule has 0 radical (unpaired) electrons. The van der Waals surface area contributed by atoms with E-state index >= 15 is 0 Å². The van der Waals surface area contributed by atoms with Crippen molar-refractivity contribution in [3.05, 3.63) is 57.9 Å². The first-order valence-electron chi connectivity index (χ1n) is 5.68. The topological polar surface area (TPSA) is 105 Å². The van der Waals surface area contributed by atoms with Crippen LogP contribution in [0.5, 0.6) is 5.75 Å². The summed E-state index contributed by atoms with van der Waals surface area (Å²) in [6, 6.07) is 4.97. The highest BCUT2D eigenvalue weighted by Gasteiger charge is 2.20. The number of nitro groups is 1. The van der Waals surface area contributed by atoms with Crippen LogP contribution in [0, 0.1) is 17.0 Å². The van der Waals surface area contributed by atoms with Crippen molar-refractivity contribution in [2.24, 2.45) is 0 Å². The van der Waals surface area contributed by atoms with Gasteiger partial charge in [-0.15, -0.1) is 0 Å². The smallest absolute Gasteiger partial charge is 0.282 e. The molecule has 0 saturated heterocycles. The Labute approximate surface area is 114 Å². The summed E-state index contributed by atoms with van der Waals surface area (Å²) in [7, 11) is 0. The lowest BCUT2D eigenvalue weighted by atomic mass is 10.1. The van der Waals surface area contributed by atoms with Crippen LogP contribution in [0.4, 0.5) is 11.4 Å². The molecule has 0 atom stereocenters. The molecule has 1 heterocycles. The Hall–Kier alpha value is -2.96. The predicted molar refractivity (Wildman–Crippen MR) is 71.7 cm³/mol. The van der Waals surface area contributed by atoms with Crippen molar-refractivity contribution in [3.63, 3.8) is 0 Å². The molecule has 0 fully saturated rings. The Morgan fingerprint density at radius 2 is 2.10 bits per heavy atom. The van der Waals surface area contributed by atoms with Crippen molar-refractivity contribution in [2.45, 2.75) is 6.92 Å². The van der Waals surface area contributed by atoms with Gasteiger partial charge in [0.15, 0.2) is 0 Å². The average molecular weight is 273 g/mol. The van der Waals surface area contributed by atoms with Crippen LogP contribution in [0.3, 0.4) is 0 Å². The van der Waals surface area contributed by atoms with Crippen molar-refractivity contribution in [1.82, 2.24) is 4.98 Å². The maximum atomic E-state index is 12.0. The van der Waals surface area contributed by atoms with Crippen molar-refractivity contribution in [2.75, 3.05) is 5.32 Å². The molecule has 0 aliphatic heterocycles. The molecule has 1 aromatic carbocycles. The van der Waals surface area contributed by atoms with E-state index in [1.165, 1.54) is 6.20 Å². The van der Waals surface area contributed by atoms with E-state index in [9.17, 15) is 20.0 Å². The highest BCUT2D eigenvalue weighted by molar-refractivity contribution is 6.07. The molecule has 1 amide bonds. The molecule has 2 rings (SSSR count). The number of rotatable bonds is 3. The summed E-state index contributed by atoms with van der Waals surface area (Å²) in [5.41, 5.74) is 0.679. The van der Waals surface area contributed by atoms with Crippen LogP contribution < -0.4 is 5.32 Å². The van der Waals surface area contributed by atoms with E-state index in [4.69, 9.17) is 0 Å². The van der Waals surface area contributed by atoms with Crippen molar-refractivity contribution in [1.29, 1.82) is 0 Å². The zero-order valence-corrected chi connectivity index (χ0v) is 10.5. The monoisotopic (exact) mass is 273 g/mol. The predicted octanol–water partition coefficient (Wildman–Crippen LogP) is 2.26. The first-order chi connectivity index (χ1) is 9.47. The summed E-state index contributed by atoms with van der Waals surface area (Å²) in [5.74, 6) is -0.900. The fraction of sp³-hybridized carbons (Fsp3) is 0.0769. The molecule has 7 heteroatoms. The summed E-state index contributed by atoms with van der Waals surface area (Å²) in [6.45, 7) is 1.81. The largest absolute Gasteiger partial charge is 0.508 e. The highest BCUT2D eigenvalue weighted by Crippen LogP contribution is 2.24. The number of aryl methyl sites for hydroxylation is 1. The van der Waals surface area contributed by atoms with Gasteiger partial charge >= 0.3 is 0 Å². The van der Waals surface area contributed by atoms with Gasteiger partial charge in [-0.25, -0.2) is 0 Å². The first kappa shape index (κ1) is 13.5. The average Bonchev–Trinajstić information content (AvgIpc) is 2.38. The summed E-state index contributed by atoms with van der Waals surface area (Å²) in [5, 5.41) is 22.7. The normalized spacial score (nSPS) is 10.1. The molecule has 0 unspecified atom stereocenters. The second-order valence-electron chi connectivity index (χ2n) is 4.16. The van der Waals surface area contributed by atoms with E-state index < -0.39 is 10.8 Å². The van der Waals surface area contributed by atoms with Gasteiger partial charge < -0.3 is 10.4 Å². The Balaban J connectivity index is 2.34. The molecule has 7 nitrogen and oxygen atoms in total. The van der Waals surface area contributed by atoms with E-state index in [1.54, 1.807) is 19.2 Å². The number of carbonyl (C=O) groups is 1. The number of hydrogen-bond donors (Lipinski definition) is 2. The van der Waals surface area contributed by atoms with E-state index in [-0.39, 0.29) is 17.0 Å². The Bertz CT molecular complexity index is 685. The number of benzene rings is 1. The number of phenols is 1. The van der Waals surface area contributed by atoms with E-state index in [2.05, 4.69) is 10.3 Å². The molecule has 0 aliphatic carbocycles. The summed E-state index contributed by atoms with van der Waals surface area (Å²) >= 11 is 0. The molecule has 0 aliphatic rings. The summed E-state index contributed by atoms with van der Waals surface area (Å²) in [4.78, 5) is 26.2. The third-order valence-electron chi connectivity index (χ3n) is 2.55. The zero-order chi connectivity index (χ0) is 14.7. The van der Waals surface area contributed by atoms with Gasteiger partial charge in [-0.3, -0.25) is 19.9 Å². The molecular weight excluding hydrogens is 262 g/mol. The van der Waals surface area contributed by atoms with Gasteiger partial charge in [0.25, 0.3) is 11.6 Å². The molecule has 0 bridgehead atoms. The number of pyridine rings is 1. The van der Waals surface area contributed by atoms with Crippen LogP contribution in [0.2, 0.25) is 0 Å². The van der Waals surface area contributed by atoms with Crippen LogP contribution >= 0.6 is 0 Å². The third-order valence-corrected chi connectivity index (χ3v) is 2.55. The van der Waals surface area contributed by atoms with Crippen LogP contribution in [-0.2, 0) is 0 Å². The zero-order valence-electron chi connectivity index (χ0n) is 10.5. The summed E-state index contributed by atoms with van der Waals surface area (Å²) < 4.78 is 0. The molecule has 0 spiro atoms. The Morgan fingerprint density at radius 3 is 2.75 bits per heavy atom. The summed E-state index contributed by atoms with van der Waals surface area (Å²) in [6.07, 6.45) is 3.05. The van der Waals surface area contributed by atoms with E-state index in [1.807, 2.05) is 0 Å². The van der Waals surface area contributed by atoms with Crippen LogP contribution in [0.25, 0.3) is 0 Å². The molecule has 0 saturated carbocycles. The molecule has 102 valence electrons. The number of anilines is 1. The molecular formula is C13H11N3O4. The number of nitrogens with zero attached hydrogens (tertiary/aromatic N) is 2. The van der Waals surface area contributed by atoms with Gasteiger partial charge in [0.05, 0.1) is 16.8 Å². The SMILES string of the molecule is Cc1cncc(NC(=O)c2cc(O)ccc2[N+](=O)[O-])c1. The van der Waals surface area contributed by atoms with Gasteiger partial charge in [0.1, 0.15) is 11.3 Å². The minimum Gasteiger partial charge on any atom is -0.508 e. The molecule has 1 aromatic heterocycles. The third kappa shape index (κ3) is 2.89. The number of amides is 1. The van der Waals surface area contributed by atoms with E-state index in [0.29, 0.717) is 5.69 Å². The van der Waals surface area contributed by atoms with Gasteiger partial charge in [0, 0.05) is 12.3 Å². The lowest BCUT2D eigenvalue weighted by Gasteiger charge is -2.06. The number of aromatic hydroxyl groups is 1. The number of phenolic OH excluding ortho intramolecular Hbond substituents is 1. The van der Waals surface area contributed by atoms with Gasteiger partial charge in [-0.2, -0.15) is 0 Å². The number of hydrogen-bond acceptors (Lipinski definition) is 5. The van der Waals surface area contributed by atoms with Crippen LogP contribution in [0.1, 0.15) is 15.9 Å². The lowest BCUT2D eigenvalue weighted by molar-refractivity contribution is -0.385. The first-order valence-corrected chi connectivity index (χ1v) is 5.68. The molecule has 2 aromatic rings. The minimum absolute atomic E-state index is 0.212. The quantitative estimate of drug-likeness (QED) is 0.659.